The highest BCUT2D eigenvalue weighted by Gasteiger charge is 2.21. The van der Waals surface area contributed by atoms with E-state index in [1.54, 1.807) is 0 Å². The van der Waals surface area contributed by atoms with Crippen molar-refractivity contribution in [3.8, 4) is 0 Å². The molecule has 0 spiro atoms. The van der Waals surface area contributed by atoms with E-state index in [4.69, 9.17) is 18.5 Å². The number of hydrogen-bond acceptors (Lipinski definition) is 8. The molecule has 2 atom stereocenters. The Morgan fingerprint density at radius 1 is 0.485 bits per heavy atom. The largest absolute Gasteiger partial charge is 0.756 e. The third-order valence-corrected chi connectivity index (χ3v) is 11.3. The summed E-state index contributed by atoms with van der Waals surface area (Å²) in [7, 11) is 1.11. The summed E-state index contributed by atoms with van der Waals surface area (Å²) in [5, 5.41) is 0. The van der Waals surface area contributed by atoms with Gasteiger partial charge in [-0.3, -0.25) is 14.2 Å². The first-order valence-electron chi connectivity index (χ1n) is 25.6. The first kappa shape index (κ1) is 62.7. The molecule has 9 nitrogen and oxygen atoms in total. The molecule has 2 unspecified atom stereocenters. The fourth-order valence-electron chi connectivity index (χ4n) is 6.36. The van der Waals surface area contributed by atoms with Crippen molar-refractivity contribution in [3.05, 3.63) is 109 Å². The molecule has 0 N–H and O–H groups in total. The van der Waals surface area contributed by atoms with Crippen LogP contribution >= 0.6 is 7.82 Å². The number of unbranched alkanes of at least 4 members (excludes halogenated alkanes) is 13. The molecule has 10 heteroatoms. The lowest BCUT2D eigenvalue weighted by Gasteiger charge is -2.28. The van der Waals surface area contributed by atoms with Crippen LogP contribution in [0.5, 0.6) is 0 Å². The molecule has 0 aromatic carbocycles. The van der Waals surface area contributed by atoms with Gasteiger partial charge >= 0.3 is 11.9 Å². The Kier molecular flexibility index (Phi) is 44.4. The molecule has 0 saturated carbocycles. The van der Waals surface area contributed by atoms with Gasteiger partial charge < -0.3 is 27.9 Å². The zero-order valence-electron chi connectivity index (χ0n) is 42.3. The number of likely N-dealkylation sites (N-methyl/N-ethyl adjacent to an activating group) is 1. The molecule has 376 valence electrons. The maximum Gasteiger partial charge on any atom is 0.306 e. The zero-order valence-corrected chi connectivity index (χ0v) is 43.2. The third-order valence-electron chi connectivity index (χ3n) is 10.3. The van der Waals surface area contributed by atoms with Crippen LogP contribution in [-0.4, -0.2) is 70.0 Å². The van der Waals surface area contributed by atoms with E-state index in [0.29, 0.717) is 23.9 Å². The Morgan fingerprint density at radius 3 is 1.27 bits per heavy atom. The molecule has 0 amide bonds. The molecule has 0 radical (unpaired) electrons. The molecule has 0 saturated heterocycles. The second-order valence-electron chi connectivity index (χ2n) is 17.8. The molecule has 0 aliphatic heterocycles. The number of rotatable bonds is 45. The van der Waals surface area contributed by atoms with Gasteiger partial charge in [-0.1, -0.05) is 200 Å². The topological polar surface area (TPSA) is 111 Å². The van der Waals surface area contributed by atoms with Crippen molar-refractivity contribution in [2.45, 2.75) is 187 Å². The quantitative estimate of drug-likeness (QED) is 0.0195. The van der Waals surface area contributed by atoms with Crippen molar-refractivity contribution in [2.75, 3.05) is 47.5 Å². The first-order valence-corrected chi connectivity index (χ1v) is 27.1. The maximum absolute atomic E-state index is 12.7. The van der Waals surface area contributed by atoms with Gasteiger partial charge in [-0.2, -0.15) is 0 Å². The molecule has 0 aromatic heterocycles. The van der Waals surface area contributed by atoms with E-state index in [0.717, 1.165) is 77.0 Å². The smallest absolute Gasteiger partial charge is 0.306 e. The van der Waals surface area contributed by atoms with Crippen LogP contribution in [0, 0.1) is 0 Å². The van der Waals surface area contributed by atoms with Crippen LogP contribution in [0.2, 0.25) is 0 Å². The van der Waals surface area contributed by atoms with Crippen LogP contribution in [0.15, 0.2) is 109 Å². The number of quaternary nitrogens is 1. The van der Waals surface area contributed by atoms with Gasteiger partial charge in [0.05, 0.1) is 27.7 Å². The summed E-state index contributed by atoms with van der Waals surface area (Å²) < 4.78 is 33.9. The van der Waals surface area contributed by atoms with Crippen molar-refractivity contribution in [1.29, 1.82) is 0 Å². The molecule has 0 bridgehead atoms. The number of esters is 2. The van der Waals surface area contributed by atoms with Crippen molar-refractivity contribution in [1.82, 2.24) is 0 Å². The SMILES string of the molecule is CC/C=C\C/C=C\C/C=C\C/C=C\C/C=C\C/C=C\C/C=C\C/C=C\C/C=C\CCCC(=O)OC(COC(=O)CCCCCCCCCCCCCCC)COP(=O)([O-])OCC[N+](C)(C)C. The molecule has 0 rings (SSSR count). The van der Waals surface area contributed by atoms with Crippen LogP contribution in [-0.2, 0) is 32.7 Å². The van der Waals surface area contributed by atoms with E-state index in [1.165, 1.54) is 64.2 Å². The highest BCUT2D eigenvalue weighted by atomic mass is 31.2. The third kappa shape index (κ3) is 50.1. The number of carbonyl (C=O) groups is 2. The molecule has 0 aliphatic rings. The second kappa shape index (κ2) is 46.8. The summed E-state index contributed by atoms with van der Waals surface area (Å²) in [6.07, 6.45) is 64.2. The molecular formula is C56H94NO8P. The highest BCUT2D eigenvalue weighted by molar-refractivity contribution is 7.45. The van der Waals surface area contributed by atoms with Gasteiger partial charge in [-0.15, -0.1) is 0 Å². The normalized spacial score (nSPS) is 14.3. The number of allylic oxidation sites excluding steroid dienone is 18. The van der Waals surface area contributed by atoms with Crippen molar-refractivity contribution in [3.63, 3.8) is 0 Å². The van der Waals surface area contributed by atoms with Gasteiger partial charge in [0.25, 0.3) is 7.82 Å². The second-order valence-corrected chi connectivity index (χ2v) is 19.2. The molecule has 0 fully saturated rings. The average molecular weight is 940 g/mol. The fourth-order valence-corrected chi connectivity index (χ4v) is 7.09. The van der Waals surface area contributed by atoms with Gasteiger partial charge in [0.15, 0.2) is 6.10 Å². The molecule has 0 aromatic rings. The van der Waals surface area contributed by atoms with Gasteiger partial charge in [0.1, 0.15) is 19.8 Å². The maximum atomic E-state index is 12.7. The lowest BCUT2D eigenvalue weighted by atomic mass is 10.0. The highest BCUT2D eigenvalue weighted by Crippen LogP contribution is 2.38. The number of phosphoric acid groups is 1. The molecule has 66 heavy (non-hydrogen) atoms. The van der Waals surface area contributed by atoms with Crippen molar-refractivity contribution >= 4 is 19.8 Å². The summed E-state index contributed by atoms with van der Waals surface area (Å²) in [5.41, 5.74) is 0. The lowest BCUT2D eigenvalue weighted by molar-refractivity contribution is -0.870. The van der Waals surface area contributed by atoms with Crippen LogP contribution in [0.4, 0.5) is 0 Å². The summed E-state index contributed by atoms with van der Waals surface area (Å²) in [4.78, 5) is 37.6. The van der Waals surface area contributed by atoms with E-state index in [-0.39, 0.29) is 26.1 Å². The Labute approximate surface area is 404 Å². The van der Waals surface area contributed by atoms with Crippen molar-refractivity contribution < 1.29 is 42.1 Å². The Balaban J connectivity index is 4.37. The van der Waals surface area contributed by atoms with Crippen LogP contribution in [0.3, 0.4) is 0 Å². The predicted molar refractivity (Wildman–Crippen MR) is 277 cm³/mol. The van der Waals surface area contributed by atoms with E-state index in [2.05, 4.69) is 117 Å². The van der Waals surface area contributed by atoms with E-state index in [9.17, 15) is 19.0 Å². The number of hydrogen-bond donors (Lipinski definition) is 0. The van der Waals surface area contributed by atoms with Gasteiger partial charge in [0.2, 0.25) is 0 Å². The van der Waals surface area contributed by atoms with Crippen LogP contribution < -0.4 is 4.89 Å². The van der Waals surface area contributed by atoms with Gasteiger partial charge in [0, 0.05) is 12.8 Å². The molecule has 0 heterocycles. The number of ether oxygens (including phenoxy) is 2. The standard InChI is InChI=1S/C56H94NO8P/c1-6-8-10-12-14-16-18-20-21-22-23-24-25-26-27-28-29-30-31-32-33-34-35-37-39-41-43-45-47-49-56(59)65-54(53-64-66(60,61)63-51-50-57(3,4)5)52-62-55(58)48-46-44-42-40-38-36-19-17-15-13-11-9-7-2/h8,10,14,16,20-21,23-24,26-27,29-30,32-33,35,37,41,43,54H,6-7,9,11-13,15,17-19,22,25,28,31,34,36,38-40,42,44-53H2,1-5H3/b10-8-,16-14-,21-20-,24-23-,27-26-,30-29-,33-32-,37-35-,43-41-. The Morgan fingerprint density at radius 2 is 0.864 bits per heavy atom. The fraction of sp³-hybridized carbons (Fsp3) is 0.643. The summed E-state index contributed by atoms with van der Waals surface area (Å²) >= 11 is 0. The summed E-state index contributed by atoms with van der Waals surface area (Å²) in [6.45, 7) is 4.03. The minimum absolute atomic E-state index is 0.0467. The number of nitrogens with zero attached hydrogens (tertiary/aromatic N) is 1. The van der Waals surface area contributed by atoms with E-state index >= 15 is 0 Å². The minimum Gasteiger partial charge on any atom is -0.756 e. The minimum atomic E-state index is -4.65. The number of carbonyl (C=O) groups excluding carboxylic acids is 2. The summed E-state index contributed by atoms with van der Waals surface area (Å²) in [5.74, 6) is -0.910. The van der Waals surface area contributed by atoms with Crippen LogP contribution in [0.1, 0.15) is 181 Å². The Bertz CT molecular complexity index is 1480. The van der Waals surface area contributed by atoms with Crippen LogP contribution in [0.25, 0.3) is 0 Å². The Hall–Kier alpha value is -3.33. The monoisotopic (exact) mass is 940 g/mol. The van der Waals surface area contributed by atoms with Crippen molar-refractivity contribution in [2.24, 2.45) is 0 Å². The molecular weight excluding hydrogens is 846 g/mol. The van der Waals surface area contributed by atoms with Gasteiger partial charge in [-0.05, 0) is 77.0 Å². The predicted octanol–water partition coefficient (Wildman–Crippen LogP) is 14.8. The first-order chi connectivity index (χ1) is 32.0. The van der Waals surface area contributed by atoms with E-state index < -0.39 is 32.5 Å². The lowest BCUT2D eigenvalue weighted by Crippen LogP contribution is -2.37. The number of phosphoric ester groups is 1. The molecule has 0 aliphatic carbocycles. The zero-order chi connectivity index (χ0) is 48.5. The van der Waals surface area contributed by atoms with Gasteiger partial charge in [-0.25, -0.2) is 0 Å². The average Bonchev–Trinajstić information content (AvgIpc) is 3.27. The van der Waals surface area contributed by atoms with E-state index in [1.807, 2.05) is 27.2 Å². The summed E-state index contributed by atoms with van der Waals surface area (Å²) in [6, 6.07) is 0.